The zero-order chi connectivity index (χ0) is 21.5. The molecule has 0 fully saturated rings. The molecule has 1 unspecified atom stereocenters. The molecule has 0 aliphatic carbocycles. The summed E-state index contributed by atoms with van der Waals surface area (Å²) in [5, 5.41) is 10.5. The molecule has 0 saturated carbocycles. The number of nitrogens with one attached hydrogen (secondary N) is 3. The van der Waals surface area contributed by atoms with E-state index in [9.17, 15) is 14.4 Å². The summed E-state index contributed by atoms with van der Waals surface area (Å²) >= 11 is 1.24. The molecule has 1 atom stereocenters. The number of nitrogens with zero attached hydrogens (tertiary/aromatic N) is 1. The van der Waals surface area contributed by atoms with Gasteiger partial charge in [0, 0.05) is 17.5 Å². The average Bonchev–Trinajstić information content (AvgIpc) is 3.40. The fourth-order valence-corrected chi connectivity index (χ4v) is 3.36. The first kappa shape index (κ1) is 21.3. The van der Waals surface area contributed by atoms with E-state index in [1.165, 1.54) is 17.6 Å². The Labute approximate surface area is 177 Å². The lowest BCUT2D eigenvalue weighted by Crippen LogP contribution is -2.28. The summed E-state index contributed by atoms with van der Waals surface area (Å²) in [5.41, 5.74) is 2.20. The van der Waals surface area contributed by atoms with E-state index in [1.807, 2.05) is 19.1 Å². The number of thiazole rings is 1. The molecule has 3 rings (SSSR count). The van der Waals surface area contributed by atoms with Crippen molar-refractivity contribution in [2.45, 2.75) is 32.7 Å². The summed E-state index contributed by atoms with van der Waals surface area (Å²) in [4.78, 5) is 40.0. The Morgan fingerprint density at radius 3 is 2.53 bits per heavy atom. The van der Waals surface area contributed by atoms with Crippen LogP contribution in [0, 0.1) is 0 Å². The van der Waals surface area contributed by atoms with Crippen LogP contribution in [-0.4, -0.2) is 22.7 Å². The van der Waals surface area contributed by atoms with E-state index in [4.69, 9.17) is 4.42 Å². The van der Waals surface area contributed by atoms with E-state index in [1.54, 1.807) is 36.6 Å². The van der Waals surface area contributed by atoms with Crippen molar-refractivity contribution in [3.8, 4) is 0 Å². The molecule has 3 aromatic rings. The van der Waals surface area contributed by atoms with Crippen molar-refractivity contribution in [1.82, 2.24) is 10.3 Å². The Bertz CT molecular complexity index is 1010. The van der Waals surface area contributed by atoms with Gasteiger partial charge in [-0.2, -0.15) is 0 Å². The Hall–Kier alpha value is -3.46. The SMILES string of the molecule is CCC(=O)Nc1ccc(C(C)NC(=O)Cc2csc(NC(=O)c3ccco3)n2)cc1. The molecule has 2 heterocycles. The van der Waals surface area contributed by atoms with Gasteiger partial charge in [-0.25, -0.2) is 4.98 Å². The minimum atomic E-state index is -0.391. The number of hydrogen-bond donors (Lipinski definition) is 3. The Morgan fingerprint density at radius 1 is 1.10 bits per heavy atom. The van der Waals surface area contributed by atoms with Crippen LogP contribution in [0.15, 0.2) is 52.5 Å². The van der Waals surface area contributed by atoms with Gasteiger partial charge >= 0.3 is 0 Å². The molecule has 0 bridgehead atoms. The molecule has 0 saturated heterocycles. The van der Waals surface area contributed by atoms with E-state index in [0.29, 0.717) is 17.2 Å². The van der Waals surface area contributed by atoms with Gasteiger partial charge in [0.2, 0.25) is 11.8 Å². The van der Waals surface area contributed by atoms with Gasteiger partial charge in [0.15, 0.2) is 10.9 Å². The van der Waals surface area contributed by atoms with Crippen LogP contribution in [0.2, 0.25) is 0 Å². The highest BCUT2D eigenvalue weighted by Gasteiger charge is 2.14. The number of furan rings is 1. The molecule has 1 aromatic carbocycles. The highest BCUT2D eigenvalue weighted by Crippen LogP contribution is 2.19. The molecule has 9 heteroatoms. The Morgan fingerprint density at radius 2 is 1.87 bits per heavy atom. The fraction of sp³-hybridized carbons (Fsp3) is 0.238. The molecule has 0 aliphatic heterocycles. The van der Waals surface area contributed by atoms with Gasteiger partial charge < -0.3 is 15.1 Å². The van der Waals surface area contributed by atoms with Gasteiger partial charge in [-0.3, -0.25) is 19.7 Å². The maximum atomic E-state index is 12.4. The van der Waals surface area contributed by atoms with Crippen LogP contribution < -0.4 is 16.0 Å². The zero-order valence-corrected chi connectivity index (χ0v) is 17.4. The highest BCUT2D eigenvalue weighted by atomic mass is 32.1. The van der Waals surface area contributed by atoms with E-state index < -0.39 is 5.91 Å². The molecule has 0 spiro atoms. The molecule has 2 aromatic heterocycles. The van der Waals surface area contributed by atoms with Crippen LogP contribution in [0.4, 0.5) is 10.8 Å². The first-order chi connectivity index (χ1) is 14.4. The van der Waals surface area contributed by atoms with Crippen molar-refractivity contribution in [2.75, 3.05) is 10.6 Å². The van der Waals surface area contributed by atoms with Crippen molar-refractivity contribution in [2.24, 2.45) is 0 Å². The van der Waals surface area contributed by atoms with Gasteiger partial charge in [0.1, 0.15) is 0 Å². The lowest BCUT2D eigenvalue weighted by molar-refractivity contribution is -0.121. The van der Waals surface area contributed by atoms with E-state index in [0.717, 1.165) is 11.3 Å². The maximum absolute atomic E-state index is 12.4. The predicted molar refractivity (Wildman–Crippen MR) is 114 cm³/mol. The highest BCUT2D eigenvalue weighted by molar-refractivity contribution is 7.14. The third kappa shape index (κ3) is 5.77. The van der Waals surface area contributed by atoms with Gasteiger partial charge in [-0.1, -0.05) is 19.1 Å². The van der Waals surface area contributed by atoms with Crippen molar-refractivity contribution in [3.63, 3.8) is 0 Å². The number of rotatable bonds is 8. The summed E-state index contributed by atoms with van der Waals surface area (Å²) in [6.07, 6.45) is 1.93. The summed E-state index contributed by atoms with van der Waals surface area (Å²) in [7, 11) is 0. The smallest absolute Gasteiger partial charge is 0.293 e. The van der Waals surface area contributed by atoms with Crippen LogP contribution >= 0.6 is 11.3 Å². The molecule has 156 valence electrons. The molecule has 3 amide bonds. The Balaban J connectivity index is 1.51. The quantitative estimate of drug-likeness (QED) is 0.508. The zero-order valence-electron chi connectivity index (χ0n) is 16.6. The number of hydrogen-bond acceptors (Lipinski definition) is 6. The van der Waals surface area contributed by atoms with E-state index in [-0.39, 0.29) is 30.0 Å². The second-order valence-corrected chi connectivity index (χ2v) is 7.42. The van der Waals surface area contributed by atoms with Crippen molar-refractivity contribution < 1.29 is 18.8 Å². The van der Waals surface area contributed by atoms with Gasteiger partial charge in [0.25, 0.3) is 5.91 Å². The number of benzene rings is 1. The molecular weight excluding hydrogens is 404 g/mol. The van der Waals surface area contributed by atoms with Crippen LogP contribution in [0.25, 0.3) is 0 Å². The molecule has 30 heavy (non-hydrogen) atoms. The van der Waals surface area contributed by atoms with Crippen molar-refractivity contribution >= 4 is 39.9 Å². The van der Waals surface area contributed by atoms with Gasteiger partial charge in [-0.15, -0.1) is 11.3 Å². The lowest BCUT2D eigenvalue weighted by atomic mass is 10.1. The van der Waals surface area contributed by atoms with E-state index >= 15 is 0 Å². The summed E-state index contributed by atoms with van der Waals surface area (Å²) < 4.78 is 5.04. The average molecular weight is 426 g/mol. The third-order valence-corrected chi connectivity index (χ3v) is 5.06. The monoisotopic (exact) mass is 426 g/mol. The van der Waals surface area contributed by atoms with Crippen molar-refractivity contribution in [3.05, 3.63) is 65.1 Å². The van der Waals surface area contributed by atoms with Crippen LogP contribution in [0.3, 0.4) is 0 Å². The number of carbonyl (C=O) groups is 3. The number of aromatic nitrogens is 1. The predicted octanol–water partition coefficient (Wildman–Crippen LogP) is 3.76. The molecule has 8 nitrogen and oxygen atoms in total. The van der Waals surface area contributed by atoms with E-state index in [2.05, 4.69) is 20.9 Å². The molecule has 3 N–H and O–H groups in total. The van der Waals surface area contributed by atoms with Crippen LogP contribution in [-0.2, 0) is 16.0 Å². The summed E-state index contributed by atoms with van der Waals surface area (Å²) in [6.45, 7) is 3.67. The second kappa shape index (κ2) is 9.84. The third-order valence-electron chi connectivity index (χ3n) is 4.25. The van der Waals surface area contributed by atoms with Crippen LogP contribution in [0.5, 0.6) is 0 Å². The maximum Gasteiger partial charge on any atom is 0.293 e. The normalized spacial score (nSPS) is 11.5. The topological polar surface area (TPSA) is 113 Å². The van der Waals surface area contributed by atoms with Crippen LogP contribution in [0.1, 0.15) is 48.1 Å². The fourth-order valence-electron chi connectivity index (χ4n) is 2.66. The summed E-state index contributed by atoms with van der Waals surface area (Å²) in [5.74, 6) is -0.427. The van der Waals surface area contributed by atoms with Gasteiger partial charge in [0.05, 0.1) is 24.4 Å². The minimum Gasteiger partial charge on any atom is -0.459 e. The number of amides is 3. The number of anilines is 2. The molecule has 0 aliphatic rings. The standard InChI is InChI=1S/C21H22N4O4S/c1-3-18(26)23-15-8-6-14(7-9-15)13(2)22-19(27)11-16-12-30-21(24-16)25-20(28)17-5-4-10-29-17/h4-10,12-13H,3,11H2,1-2H3,(H,22,27)(H,23,26)(H,24,25,28). The molecule has 0 radical (unpaired) electrons. The molecular formula is C21H22N4O4S. The Kier molecular flexibility index (Phi) is 6.97. The van der Waals surface area contributed by atoms with Crippen molar-refractivity contribution in [1.29, 1.82) is 0 Å². The van der Waals surface area contributed by atoms with Gasteiger partial charge in [-0.05, 0) is 36.8 Å². The minimum absolute atomic E-state index is 0.0490. The number of carbonyl (C=O) groups excluding carboxylic acids is 3. The summed E-state index contributed by atoms with van der Waals surface area (Å²) in [6, 6.07) is 10.3. The second-order valence-electron chi connectivity index (χ2n) is 6.57. The first-order valence-corrected chi connectivity index (χ1v) is 10.3. The lowest BCUT2D eigenvalue weighted by Gasteiger charge is -2.14. The largest absolute Gasteiger partial charge is 0.459 e. The first-order valence-electron chi connectivity index (χ1n) is 9.43.